The molecule has 0 aliphatic heterocycles. The highest BCUT2D eigenvalue weighted by Gasteiger charge is 2.04. The fraction of sp³-hybridized carbons (Fsp3) is 0. The van der Waals surface area contributed by atoms with Crippen LogP contribution in [0.5, 0.6) is 5.75 Å². The monoisotopic (exact) mass is 399 g/mol. The van der Waals surface area contributed by atoms with E-state index in [0.29, 0.717) is 4.47 Å². The molecule has 0 bridgehead atoms. The van der Waals surface area contributed by atoms with Crippen LogP contribution in [0.15, 0.2) is 21.7 Å². The zero-order chi connectivity index (χ0) is 11.4. The minimum Gasteiger partial charge on any atom is -0.506 e. The maximum Gasteiger partial charge on any atom is 0.184 e. The van der Waals surface area contributed by atoms with Gasteiger partial charge in [-0.05, 0) is 68.4 Å². The van der Waals surface area contributed by atoms with Crippen LogP contribution >= 0.6 is 50.7 Å². The molecule has 1 aromatic carbocycles. The maximum absolute atomic E-state index is 9.49. The number of nitrogens with zero attached hydrogens (tertiary/aromatic N) is 1. The summed E-state index contributed by atoms with van der Waals surface area (Å²) in [5.41, 5.74) is 8.47. The number of benzene rings is 1. The molecule has 1 rings (SSSR count). The average molecular weight is 400 g/mol. The smallest absolute Gasteiger partial charge is 0.184 e. The van der Waals surface area contributed by atoms with Gasteiger partial charge in [0.05, 0.1) is 14.3 Å². The maximum atomic E-state index is 9.49. The number of nitrogens with one attached hydrogen (secondary N) is 1. The molecule has 0 saturated heterocycles. The quantitative estimate of drug-likeness (QED) is 0.307. The van der Waals surface area contributed by atoms with Gasteiger partial charge in [-0.2, -0.15) is 5.10 Å². The Bertz CT molecular complexity index is 401. The molecule has 0 spiro atoms. The first kappa shape index (κ1) is 12.7. The summed E-state index contributed by atoms with van der Waals surface area (Å²) in [4.78, 5) is 0. The van der Waals surface area contributed by atoms with Crippen LogP contribution in [0.1, 0.15) is 5.56 Å². The molecule has 4 N–H and O–H groups in total. The lowest BCUT2D eigenvalue weighted by Crippen LogP contribution is -2.23. The van der Waals surface area contributed by atoms with Crippen molar-refractivity contribution in [3.63, 3.8) is 0 Å². The van der Waals surface area contributed by atoms with Crippen LogP contribution in [0.3, 0.4) is 0 Å². The van der Waals surface area contributed by atoms with Crippen LogP contribution in [-0.4, -0.2) is 16.4 Å². The van der Waals surface area contributed by atoms with Crippen molar-refractivity contribution in [2.45, 2.75) is 0 Å². The number of aromatic hydroxyl groups is 1. The van der Waals surface area contributed by atoms with Crippen LogP contribution in [0, 0.1) is 3.57 Å². The molecule has 0 saturated carbocycles. The predicted octanol–water partition coefficient (Wildman–Crippen LogP) is 1.93. The first-order valence-corrected chi connectivity index (χ1v) is 6.05. The third-order valence-corrected chi connectivity index (χ3v) is 2.95. The van der Waals surface area contributed by atoms with Gasteiger partial charge in [0.15, 0.2) is 5.11 Å². The lowest BCUT2D eigenvalue weighted by Gasteiger charge is -2.01. The van der Waals surface area contributed by atoms with Gasteiger partial charge in [-0.25, -0.2) is 0 Å². The molecule has 0 unspecified atom stereocenters. The zero-order valence-corrected chi connectivity index (χ0v) is 11.9. The third kappa shape index (κ3) is 3.92. The van der Waals surface area contributed by atoms with E-state index in [2.05, 4.69) is 38.7 Å². The highest BCUT2D eigenvalue weighted by Crippen LogP contribution is 2.29. The van der Waals surface area contributed by atoms with Gasteiger partial charge in [-0.15, -0.1) is 0 Å². The van der Waals surface area contributed by atoms with Crippen LogP contribution < -0.4 is 11.2 Å². The summed E-state index contributed by atoms with van der Waals surface area (Å²) < 4.78 is 1.35. The topological polar surface area (TPSA) is 70.6 Å². The molecule has 0 fully saturated rings. The molecule has 1 aromatic rings. The van der Waals surface area contributed by atoms with Crippen molar-refractivity contribution >= 4 is 62.1 Å². The van der Waals surface area contributed by atoms with Crippen LogP contribution in [0.25, 0.3) is 0 Å². The fourth-order valence-electron chi connectivity index (χ4n) is 0.830. The minimum atomic E-state index is 0.110. The molecule has 4 nitrogen and oxygen atoms in total. The Morgan fingerprint density at radius 1 is 1.67 bits per heavy atom. The number of hydrogen-bond donors (Lipinski definition) is 3. The largest absolute Gasteiger partial charge is 0.506 e. The van der Waals surface area contributed by atoms with Crippen molar-refractivity contribution in [1.82, 2.24) is 5.43 Å². The van der Waals surface area contributed by atoms with Crippen molar-refractivity contribution < 1.29 is 5.11 Å². The van der Waals surface area contributed by atoms with Crippen molar-refractivity contribution in [2.24, 2.45) is 10.8 Å². The SMILES string of the molecule is NC(=S)N/N=C\c1cc(Br)c(O)c(I)c1. The Hall–Kier alpha value is -0.410. The fourth-order valence-corrected chi connectivity index (χ4v) is 2.38. The third-order valence-electron chi connectivity index (χ3n) is 1.43. The van der Waals surface area contributed by atoms with E-state index in [4.69, 9.17) is 5.73 Å². The second kappa shape index (κ2) is 5.61. The summed E-state index contributed by atoms with van der Waals surface area (Å²) in [6.45, 7) is 0. The summed E-state index contributed by atoms with van der Waals surface area (Å²) in [5, 5.41) is 13.4. The molecule has 0 radical (unpaired) electrons. The van der Waals surface area contributed by atoms with E-state index < -0.39 is 0 Å². The first-order chi connectivity index (χ1) is 7.00. The summed E-state index contributed by atoms with van der Waals surface area (Å²) >= 11 is 9.84. The van der Waals surface area contributed by atoms with Gasteiger partial charge >= 0.3 is 0 Å². The summed E-state index contributed by atoms with van der Waals surface area (Å²) in [6.07, 6.45) is 1.56. The standard InChI is InChI=1S/C8H7BrIN3OS/c9-5-1-4(2-6(10)7(5)14)3-12-13-8(11)15/h1-3,14H,(H3,11,13,15)/b12-3-. The molecule has 7 heteroatoms. The number of hydrazone groups is 1. The molecule has 0 amide bonds. The highest BCUT2D eigenvalue weighted by atomic mass is 127. The van der Waals surface area contributed by atoms with Gasteiger partial charge in [0.1, 0.15) is 5.75 Å². The first-order valence-electron chi connectivity index (χ1n) is 3.77. The van der Waals surface area contributed by atoms with Crippen molar-refractivity contribution in [3.05, 3.63) is 25.7 Å². The lowest BCUT2D eigenvalue weighted by atomic mass is 10.2. The second-order valence-corrected chi connectivity index (χ2v) is 5.02. The average Bonchev–Trinajstić information content (AvgIpc) is 2.13. The molecule has 0 atom stereocenters. The van der Waals surface area contributed by atoms with Gasteiger partial charge in [-0.1, -0.05) is 0 Å². The summed E-state index contributed by atoms with van der Waals surface area (Å²) in [5.74, 6) is 0.218. The molecule has 0 aliphatic rings. The van der Waals surface area contributed by atoms with E-state index in [9.17, 15) is 5.11 Å². The number of phenols is 1. The number of thiocarbonyl (C=S) groups is 1. The molecule has 0 aromatic heterocycles. The molecule has 0 heterocycles. The summed E-state index contributed by atoms with van der Waals surface area (Å²) in [7, 11) is 0. The number of hydrogen-bond acceptors (Lipinski definition) is 3. The van der Waals surface area contributed by atoms with E-state index in [1.54, 1.807) is 18.3 Å². The lowest BCUT2D eigenvalue weighted by molar-refractivity contribution is 0.468. The van der Waals surface area contributed by atoms with Crippen molar-refractivity contribution in [3.8, 4) is 5.75 Å². The number of nitrogens with two attached hydrogens (primary N) is 1. The number of rotatable bonds is 2. The van der Waals surface area contributed by atoms with Gasteiger partial charge in [0.25, 0.3) is 0 Å². The van der Waals surface area contributed by atoms with Gasteiger partial charge in [-0.3, -0.25) is 5.43 Å². The van der Waals surface area contributed by atoms with Crippen molar-refractivity contribution in [2.75, 3.05) is 0 Å². The molecule has 0 aliphatic carbocycles. The van der Waals surface area contributed by atoms with E-state index in [0.717, 1.165) is 9.13 Å². The molecule has 80 valence electrons. The molecular formula is C8H7BrIN3OS. The van der Waals surface area contributed by atoms with E-state index in [1.165, 1.54) is 0 Å². The Balaban J connectivity index is 2.87. The van der Waals surface area contributed by atoms with E-state index in [-0.39, 0.29) is 10.9 Å². The van der Waals surface area contributed by atoms with Crippen molar-refractivity contribution in [1.29, 1.82) is 0 Å². The summed E-state index contributed by atoms with van der Waals surface area (Å²) in [6, 6.07) is 3.52. The van der Waals surface area contributed by atoms with Crippen LogP contribution in [0.4, 0.5) is 0 Å². The van der Waals surface area contributed by atoms with Gasteiger partial charge in [0, 0.05) is 0 Å². The Morgan fingerprint density at radius 2 is 2.33 bits per heavy atom. The number of phenolic OH excluding ortho intramolecular Hbond substituents is 1. The van der Waals surface area contributed by atoms with Gasteiger partial charge < -0.3 is 10.8 Å². The zero-order valence-electron chi connectivity index (χ0n) is 7.37. The predicted molar refractivity (Wildman–Crippen MR) is 76.0 cm³/mol. The van der Waals surface area contributed by atoms with Gasteiger partial charge in [0.2, 0.25) is 0 Å². The van der Waals surface area contributed by atoms with E-state index in [1.807, 2.05) is 22.6 Å². The second-order valence-electron chi connectivity index (χ2n) is 2.57. The van der Waals surface area contributed by atoms with Crippen LogP contribution in [-0.2, 0) is 0 Å². The Morgan fingerprint density at radius 3 is 2.87 bits per heavy atom. The van der Waals surface area contributed by atoms with Crippen LogP contribution in [0.2, 0.25) is 0 Å². The molecule has 15 heavy (non-hydrogen) atoms. The Labute approximate surface area is 114 Å². The minimum absolute atomic E-state index is 0.110. The molecular weight excluding hydrogens is 393 g/mol. The Kier molecular flexibility index (Phi) is 4.74. The normalized spacial score (nSPS) is 10.5. The highest BCUT2D eigenvalue weighted by molar-refractivity contribution is 14.1. The van der Waals surface area contributed by atoms with E-state index >= 15 is 0 Å². The number of halogens is 2.